The molecule has 0 heterocycles. The zero-order chi connectivity index (χ0) is 12.7. The third kappa shape index (κ3) is 4.15. The summed E-state index contributed by atoms with van der Waals surface area (Å²) in [5.74, 6) is -0.128. The number of carbonyl (C=O) groups is 1. The summed E-state index contributed by atoms with van der Waals surface area (Å²) in [7, 11) is 1.62. The van der Waals surface area contributed by atoms with E-state index in [0.29, 0.717) is 12.8 Å². The predicted molar refractivity (Wildman–Crippen MR) is 68.0 cm³/mol. The van der Waals surface area contributed by atoms with E-state index in [4.69, 9.17) is 9.84 Å². The highest BCUT2D eigenvalue weighted by Crippen LogP contribution is 2.19. The lowest BCUT2D eigenvalue weighted by Gasteiger charge is -2.03. The fourth-order valence-electron chi connectivity index (χ4n) is 1.38. The highest BCUT2D eigenvalue weighted by Gasteiger charge is 2.01. The number of methoxy groups -OCH3 is 1. The van der Waals surface area contributed by atoms with Crippen molar-refractivity contribution in [2.75, 3.05) is 7.11 Å². The van der Waals surface area contributed by atoms with Crippen LogP contribution in [0.3, 0.4) is 0 Å². The zero-order valence-electron chi connectivity index (χ0n) is 9.85. The van der Waals surface area contributed by atoms with Gasteiger partial charge < -0.3 is 9.84 Å². The molecule has 17 heavy (non-hydrogen) atoms. The van der Waals surface area contributed by atoms with E-state index in [1.54, 1.807) is 7.11 Å². The molecule has 0 spiro atoms. The van der Waals surface area contributed by atoms with Crippen molar-refractivity contribution in [1.29, 1.82) is 0 Å². The number of ether oxygens (including phenoxy) is 1. The number of rotatable bonds is 6. The minimum atomic E-state index is -0.935. The van der Waals surface area contributed by atoms with Gasteiger partial charge in [0.05, 0.1) is 7.11 Å². The number of aliphatic carboxylic acids is 1. The molecule has 1 rings (SSSR count). The fourth-order valence-corrected chi connectivity index (χ4v) is 1.38. The van der Waals surface area contributed by atoms with Gasteiger partial charge in [-0.15, -0.1) is 0 Å². The van der Waals surface area contributed by atoms with Crippen molar-refractivity contribution >= 4 is 12.0 Å². The lowest BCUT2D eigenvalue weighted by molar-refractivity contribution is -0.132. The van der Waals surface area contributed by atoms with Gasteiger partial charge >= 0.3 is 5.97 Å². The number of hydrogen-bond donors (Lipinski definition) is 1. The molecule has 0 saturated carbocycles. The van der Waals surface area contributed by atoms with Gasteiger partial charge in [0.2, 0.25) is 0 Å². The van der Waals surface area contributed by atoms with Gasteiger partial charge in [-0.1, -0.05) is 36.9 Å². The van der Waals surface area contributed by atoms with Crippen molar-refractivity contribution in [2.45, 2.75) is 12.8 Å². The number of hydrogen-bond acceptors (Lipinski definition) is 2. The van der Waals surface area contributed by atoms with Crippen molar-refractivity contribution in [3.63, 3.8) is 0 Å². The van der Waals surface area contributed by atoms with E-state index in [1.165, 1.54) is 0 Å². The van der Waals surface area contributed by atoms with Crippen LogP contribution >= 0.6 is 0 Å². The van der Waals surface area contributed by atoms with Crippen LogP contribution in [-0.4, -0.2) is 18.2 Å². The van der Waals surface area contributed by atoms with Gasteiger partial charge in [-0.2, -0.15) is 0 Å². The lowest BCUT2D eigenvalue weighted by Crippen LogP contribution is -1.97. The first kappa shape index (κ1) is 13.0. The van der Waals surface area contributed by atoms with Crippen molar-refractivity contribution < 1.29 is 14.6 Å². The summed E-state index contributed by atoms with van der Waals surface area (Å²) in [5, 5.41) is 8.64. The molecular formula is C14H16O3. The van der Waals surface area contributed by atoms with Crippen LogP contribution in [0.1, 0.15) is 18.4 Å². The molecule has 0 aromatic heterocycles. The Morgan fingerprint density at radius 2 is 2.18 bits per heavy atom. The van der Waals surface area contributed by atoms with Gasteiger partial charge in [-0.05, 0) is 18.9 Å². The van der Waals surface area contributed by atoms with Crippen LogP contribution in [0.2, 0.25) is 0 Å². The van der Waals surface area contributed by atoms with Crippen LogP contribution in [0.15, 0.2) is 42.5 Å². The Morgan fingerprint density at radius 1 is 1.47 bits per heavy atom. The lowest BCUT2D eigenvalue weighted by atomic mass is 10.1. The van der Waals surface area contributed by atoms with Crippen LogP contribution in [0.25, 0.3) is 6.08 Å². The van der Waals surface area contributed by atoms with E-state index in [0.717, 1.165) is 11.3 Å². The largest absolute Gasteiger partial charge is 0.496 e. The zero-order valence-corrected chi connectivity index (χ0v) is 9.85. The van der Waals surface area contributed by atoms with Gasteiger partial charge in [0.25, 0.3) is 0 Å². The van der Waals surface area contributed by atoms with E-state index in [2.05, 4.69) is 6.58 Å². The molecule has 0 aliphatic heterocycles. The minimum absolute atomic E-state index is 0.231. The highest BCUT2D eigenvalue weighted by atomic mass is 16.5. The predicted octanol–water partition coefficient (Wildman–Crippen LogP) is 3.13. The Morgan fingerprint density at radius 3 is 2.82 bits per heavy atom. The molecule has 0 saturated heterocycles. The molecular weight excluding hydrogens is 216 g/mol. The SMILES string of the molecule is C=C(CCC=Cc1ccccc1OC)C(=O)O. The molecule has 0 unspecified atom stereocenters. The summed E-state index contributed by atoms with van der Waals surface area (Å²) in [5.41, 5.74) is 1.21. The Balaban J connectivity index is 2.54. The number of carboxylic acids is 1. The average molecular weight is 232 g/mol. The maximum atomic E-state index is 10.5. The normalized spacial score (nSPS) is 10.4. The molecule has 0 amide bonds. The summed E-state index contributed by atoms with van der Waals surface area (Å²) >= 11 is 0. The van der Waals surface area contributed by atoms with Gasteiger partial charge in [-0.25, -0.2) is 4.79 Å². The number of carboxylic acid groups (broad SMARTS) is 1. The smallest absolute Gasteiger partial charge is 0.330 e. The summed E-state index contributed by atoms with van der Waals surface area (Å²) < 4.78 is 5.20. The summed E-state index contributed by atoms with van der Waals surface area (Å²) in [6.07, 6.45) is 4.96. The fraction of sp³-hybridized carbons (Fsp3) is 0.214. The van der Waals surface area contributed by atoms with Crippen LogP contribution in [0.5, 0.6) is 5.75 Å². The summed E-state index contributed by atoms with van der Waals surface area (Å²) in [4.78, 5) is 10.5. The molecule has 0 aliphatic rings. The number of para-hydroxylation sites is 1. The Labute approximate surface area is 101 Å². The summed E-state index contributed by atoms with van der Waals surface area (Å²) in [6.45, 7) is 3.47. The monoisotopic (exact) mass is 232 g/mol. The van der Waals surface area contributed by atoms with E-state index >= 15 is 0 Å². The molecule has 3 heteroatoms. The highest BCUT2D eigenvalue weighted by molar-refractivity contribution is 5.85. The van der Waals surface area contributed by atoms with Gasteiger partial charge in [0.1, 0.15) is 5.75 Å². The summed E-state index contributed by atoms with van der Waals surface area (Å²) in [6, 6.07) is 7.66. The van der Waals surface area contributed by atoms with Crippen molar-refractivity contribution in [3.8, 4) is 5.75 Å². The first-order valence-electron chi connectivity index (χ1n) is 5.35. The Bertz CT molecular complexity index is 433. The third-order valence-corrected chi connectivity index (χ3v) is 2.35. The first-order chi connectivity index (χ1) is 8.15. The van der Waals surface area contributed by atoms with E-state index in [9.17, 15) is 4.79 Å². The minimum Gasteiger partial charge on any atom is -0.496 e. The van der Waals surface area contributed by atoms with Crippen LogP contribution in [-0.2, 0) is 4.79 Å². The maximum absolute atomic E-state index is 10.5. The molecule has 0 aliphatic carbocycles. The van der Waals surface area contributed by atoms with Gasteiger partial charge in [0.15, 0.2) is 0 Å². The van der Waals surface area contributed by atoms with Gasteiger partial charge in [-0.3, -0.25) is 0 Å². The van der Waals surface area contributed by atoms with E-state index in [-0.39, 0.29) is 5.57 Å². The molecule has 1 aromatic carbocycles. The van der Waals surface area contributed by atoms with Crippen molar-refractivity contribution in [2.24, 2.45) is 0 Å². The molecule has 1 aromatic rings. The topological polar surface area (TPSA) is 46.5 Å². The standard InChI is InChI=1S/C14H16O3/c1-11(14(15)16)7-3-4-8-12-9-5-6-10-13(12)17-2/h4-6,8-10H,1,3,7H2,2H3,(H,15,16). The Kier molecular flexibility index (Phi) is 5.01. The third-order valence-electron chi connectivity index (χ3n) is 2.35. The van der Waals surface area contributed by atoms with Crippen molar-refractivity contribution in [3.05, 3.63) is 48.1 Å². The maximum Gasteiger partial charge on any atom is 0.330 e. The second-order valence-electron chi connectivity index (χ2n) is 3.59. The molecule has 0 radical (unpaired) electrons. The molecule has 1 N–H and O–H groups in total. The quantitative estimate of drug-likeness (QED) is 0.766. The van der Waals surface area contributed by atoms with E-state index in [1.807, 2.05) is 36.4 Å². The van der Waals surface area contributed by atoms with Crippen LogP contribution in [0, 0.1) is 0 Å². The van der Waals surface area contributed by atoms with Crippen molar-refractivity contribution in [1.82, 2.24) is 0 Å². The van der Waals surface area contributed by atoms with E-state index < -0.39 is 5.97 Å². The van der Waals surface area contributed by atoms with Crippen LogP contribution < -0.4 is 4.74 Å². The molecule has 3 nitrogen and oxygen atoms in total. The second kappa shape index (κ2) is 6.53. The molecule has 90 valence electrons. The number of benzene rings is 1. The second-order valence-corrected chi connectivity index (χ2v) is 3.59. The number of allylic oxidation sites excluding steroid dienone is 1. The Hall–Kier alpha value is -2.03. The first-order valence-corrected chi connectivity index (χ1v) is 5.35. The average Bonchev–Trinajstić information content (AvgIpc) is 2.34. The van der Waals surface area contributed by atoms with Gasteiger partial charge in [0, 0.05) is 11.1 Å². The molecule has 0 atom stereocenters. The van der Waals surface area contributed by atoms with Crippen LogP contribution in [0.4, 0.5) is 0 Å². The molecule has 0 fully saturated rings. The molecule has 0 bridgehead atoms.